The second-order valence-electron chi connectivity index (χ2n) is 11.6. The topological polar surface area (TPSA) is 94.6 Å². The van der Waals surface area contributed by atoms with Crippen LogP contribution in [-0.4, -0.2) is 5.97 Å². The van der Waals surface area contributed by atoms with Crippen LogP contribution in [0.3, 0.4) is 0 Å². The van der Waals surface area contributed by atoms with Crippen LogP contribution in [0.4, 0.5) is 0 Å². The van der Waals surface area contributed by atoms with Gasteiger partial charge in [-0.05, 0) is 58.9 Å². The summed E-state index contributed by atoms with van der Waals surface area (Å²) in [7, 11) is 0. The number of benzene rings is 4. The van der Waals surface area contributed by atoms with Crippen LogP contribution in [0.25, 0.3) is 6.08 Å². The molecule has 0 saturated carbocycles. The maximum Gasteiger partial charge on any atom is 0.336 e. The third-order valence-corrected chi connectivity index (χ3v) is 7.34. The number of nitrogens with two attached hydrogens (primary N) is 1. The standard InChI is InChI=1S/C37H34N2O4/c1-24-5-7-26(8-6-24)23-41-29-16-12-27(13-17-29)35-31-19-18-30(21-33(31)43-36(39)32(35)22-38)42-34(40)20-11-25-9-14-28(15-10-25)37(2,3)4/h5-21,35H,23,39H2,1-4H3/b20-11+. The maximum absolute atomic E-state index is 12.6. The van der Waals surface area contributed by atoms with Crippen molar-refractivity contribution in [2.45, 2.75) is 45.6 Å². The molecule has 0 fully saturated rings. The van der Waals surface area contributed by atoms with Crippen LogP contribution in [-0.2, 0) is 16.8 Å². The SMILES string of the molecule is Cc1ccc(COc2ccc(C3C(C#N)=C(N)Oc4cc(OC(=O)/C=C/c5ccc(C(C)(C)C)cc5)ccc43)cc2)cc1. The van der Waals surface area contributed by atoms with Crippen LogP contribution in [0.5, 0.6) is 17.2 Å². The van der Waals surface area contributed by atoms with Gasteiger partial charge in [0.2, 0.25) is 5.88 Å². The van der Waals surface area contributed by atoms with Crippen molar-refractivity contribution in [3.63, 3.8) is 0 Å². The molecule has 1 unspecified atom stereocenters. The first kappa shape index (κ1) is 29.2. The molecule has 6 heteroatoms. The van der Waals surface area contributed by atoms with Crippen molar-refractivity contribution in [1.29, 1.82) is 5.26 Å². The summed E-state index contributed by atoms with van der Waals surface area (Å²) in [6.45, 7) is 8.97. The monoisotopic (exact) mass is 570 g/mol. The Morgan fingerprint density at radius 1 is 0.953 bits per heavy atom. The van der Waals surface area contributed by atoms with Crippen molar-refractivity contribution in [3.05, 3.63) is 142 Å². The summed E-state index contributed by atoms with van der Waals surface area (Å²) < 4.78 is 17.3. The molecular formula is C37H34N2O4. The van der Waals surface area contributed by atoms with Crippen molar-refractivity contribution >= 4 is 12.0 Å². The number of ether oxygens (including phenoxy) is 3. The highest BCUT2D eigenvalue weighted by Crippen LogP contribution is 2.43. The average molecular weight is 571 g/mol. The fourth-order valence-corrected chi connectivity index (χ4v) is 4.86. The average Bonchev–Trinajstić information content (AvgIpc) is 2.99. The fourth-order valence-electron chi connectivity index (χ4n) is 4.86. The molecule has 0 spiro atoms. The molecule has 0 saturated heterocycles. The van der Waals surface area contributed by atoms with Gasteiger partial charge < -0.3 is 19.9 Å². The lowest BCUT2D eigenvalue weighted by Crippen LogP contribution is -2.21. The minimum absolute atomic E-state index is 0.0155. The smallest absolute Gasteiger partial charge is 0.336 e. The molecule has 0 bridgehead atoms. The number of fused-ring (bicyclic) bond motifs is 1. The van der Waals surface area contributed by atoms with Crippen LogP contribution in [0.15, 0.2) is 109 Å². The molecule has 43 heavy (non-hydrogen) atoms. The molecule has 1 atom stereocenters. The van der Waals surface area contributed by atoms with Gasteiger partial charge in [-0.1, -0.05) is 93.1 Å². The van der Waals surface area contributed by atoms with Crippen molar-refractivity contribution in [2.75, 3.05) is 0 Å². The third kappa shape index (κ3) is 6.97. The molecule has 4 aromatic rings. The summed E-state index contributed by atoms with van der Waals surface area (Å²) in [5, 5.41) is 9.91. The van der Waals surface area contributed by atoms with Gasteiger partial charge in [-0.25, -0.2) is 4.79 Å². The lowest BCUT2D eigenvalue weighted by Gasteiger charge is -2.26. The molecule has 0 aromatic heterocycles. The summed E-state index contributed by atoms with van der Waals surface area (Å²) in [4.78, 5) is 12.6. The van der Waals surface area contributed by atoms with E-state index in [2.05, 4.69) is 51.1 Å². The van der Waals surface area contributed by atoms with Gasteiger partial charge >= 0.3 is 5.97 Å². The second-order valence-corrected chi connectivity index (χ2v) is 11.6. The largest absolute Gasteiger partial charge is 0.489 e. The van der Waals surface area contributed by atoms with E-state index in [1.54, 1.807) is 24.3 Å². The van der Waals surface area contributed by atoms with Crippen LogP contribution in [0, 0.1) is 18.3 Å². The highest BCUT2D eigenvalue weighted by molar-refractivity contribution is 5.88. The quantitative estimate of drug-likeness (QED) is 0.139. The zero-order valence-corrected chi connectivity index (χ0v) is 24.8. The van der Waals surface area contributed by atoms with Gasteiger partial charge in [0.15, 0.2) is 0 Å². The summed E-state index contributed by atoms with van der Waals surface area (Å²) in [5.41, 5.74) is 12.5. The zero-order chi connectivity index (χ0) is 30.6. The van der Waals surface area contributed by atoms with Crippen LogP contribution >= 0.6 is 0 Å². The number of aryl methyl sites for hydroxylation is 1. The number of rotatable bonds is 7. The fraction of sp³-hybridized carbons (Fsp3) is 0.189. The Morgan fingerprint density at radius 3 is 2.28 bits per heavy atom. The zero-order valence-electron chi connectivity index (χ0n) is 24.8. The molecule has 5 rings (SSSR count). The summed E-state index contributed by atoms with van der Waals surface area (Å²) in [6, 6.07) is 31.2. The number of carbonyl (C=O) groups excluding carboxylic acids is 1. The number of hydrogen-bond donors (Lipinski definition) is 1. The van der Waals surface area contributed by atoms with E-state index >= 15 is 0 Å². The van der Waals surface area contributed by atoms with E-state index in [1.807, 2.05) is 55.5 Å². The van der Waals surface area contributed by atoms with Gasteiger partial charge in [0.05, 0.1) is 5.92 Å². The Morgan fingerprint density at radius 2 is 1.63 bits per heavy atom. The van der Waals surface area contributed by atoms with Crippen molar-refractivity contribution < 1.29 is 19.0 Å². The minimum Gasteiger partial charge on any atom is -0.489 e. The number of hydrogen-bond acceptors (Lipinski definition) is 6. The molecule has 0 aliphatic carbocycles. The normalized spacial score (nSPS) is 14.5. The lowest BCUT2D eigenvalue weighted by atomic mass is 9.83. The molecule has 1 aliphatic heterocycles. The van der Waals surface area contributed by atoms with E-state index in [0.29, 0.717) is 29.4 Å². The summed E-state index contributed by atoms with van der Waals surface area (Å²) >= 11 is 0. The molecule has 6 nitrogen and oxygen atoms in total. The Labute approximate surface area is 252 Å². The summed E-state index contributed by atoms with van der Waals surface area (Å²) in [5.74, 6) is 0.501. The maximum atomic E-state index is 12.6. The van der Waals surface area contributed by atoms with Crippen molar-refractivity contribution in [1.82, 2.24) is 0 Å². The first-order valence-corrected chi connectivity index (χ1v) is 14.1. The first-order valence-electron chi connectivity index (χ1n) is 14.1. The number of allylic oxidation sites excluding steroid dienone is 1. The van der Waals surface area contributed by atoms with E-state index in [4.69, 9.17) is 19.9 Å². The van der Waals surface area contributed by atoms with Crippen LogP contribution in [0.1, 0.15) is 60.1 Å². The van der Waals surface area contributed by atoms with Gasteiger partial charge in [0.1, 0.15) is 35.5 Å². The van der Waals surface area contributed by atoms with Gasteiger partial charge in [0, 0.05) is 17.7 Å². The number of carbonyl (C=O) groups is 1. The molecular weight excluding hydrogens is 536 g/mol. The Kier molecular flexibility index (Phi) is 8.36. The van der Waals surface area contributed by atoms with Gasteiger partial charge in [-0.2, -0.15) is 5.26 Å². The first-order chi connectivity index (χ1) is 20.6. The highest BCUT2D eigenvalue weighted by atomic mass is 16.5. The van der Waals surface area contributed by atoms with Crippen molar-refractivity contribution in [2.24, 2.45) is 5.73 Å². The molecule has 4 aromatic carbocycles. The number of nitrogens with zero attached hydrogens (tertiary/aromatic N) is 1. The van der Waals surface area contributed by atoms with Gasteiger partial charge in [-0.15, -0.1) is 0 Å². The molecule has 1 heterocycles. The number of esters is 1. The predicted molar refractivity (Wildman–Crippen MR) is 168 cm³/mol. The van der Waals surface area contributed by atoms with Crippen LogP contribution in [0.2, 0.25) is 0 Å². The Balaban J connectivity index is 1.30. The molecule has 2 N–H and O–H groups in total. The van der Waals surface area contributed by atoms with Crippen molar-refractivity contribution in [3.8, 4) is 23.3 Å². The highest BCUT2D eigenvalue weighted by Gasteiger charge is 2.31. The van der Waals surface area contributed by atoms with E-state index < -0.39 is 11.9 Å². The van der Waals surface area contributed by atoms with Gasteiger partial charge in [-0.3, -0.25) is 0 Å². The third-order valence-electron chi connectivity index (χ3n) is 7.34. The number of nitriles is 1. The van der Waals surface area contributed by atoms with E-state index in [9.17, 15) is 10.1 Å². The lowest BCUT2D eigenvalue weighted by molar-refractivity contribution is -0.128. The molecule has 0 radical (unpaired) electrons. The molecule has 1 aliphatic rings. The van der Waals surface area contributed by atoms with E-state index in [-0.39, 0.29) is 11.3 Å². The Bertz CT molecular complexity index is 1720. The minimum atomic E-state index is -0.519. The van der Waals surface area contributed by atoms with E-state index in [0.717, 1.165) is 22.3 Å². The summed E-state index contributed by atoms with van der Waals surface area (Å²) in [6.07, 6.45) is 3.10. The molecule has 0 amide bonds. The van der Waals surface area contributed by atoms with Crippen LogP contribution < -0.4 is 19.9 Å². The van der Waals surface area contributed by atoms with Gasteiger partial charge in [0.25, 0.3) is 0 Å². The second kappa shape index (κ2) is 12.3. The molecule has 216 valence electrons. The van der Waals surface area contributed by atoms with E-state index in [1.165, 1.54) is 17.2 Å². The Hall–Kier alpha value is -5.28. The predicted octanol–water partition coefficient (Wildman–Crippen LogP) is 7.71.